The van der Waals surface area contributed by atoms with Crippen LogP contribution in [0, 0.1) is 0 Å². The lowest BCUT2D eigenvalue weighted by atomic mass is 9.95. The topological polar surface area (TPSA) is 90.8 Å². The molecule has 0 saturated heterocycles. The van der Waals surface area contributed by atoms with Gasteiger partial charge in [0.25, 0.3) is 0 Å². The molecule has 0 aromatic heterocycles. The summed E-state index contributed by atoms with van der Waals surface area (Å²) in [5.41, 5.74) is 3.06. The Balaban J connectivity index is 1.65. The van der Waals surface area contributed by atoms with Gasteiger partial charge < -0.3 is 10.4 Å². The minimum absolute atomic E-state index is 0.0796. The van der Waals surface area contributed by atoms with Gasteiger partial charge >= 0.3 is 0 Å². The zero-order valence-corrected chi connectivity index (χ0v) is 13.1. The summed E-state index contributed by atoms with van der Waals surface area (Å²) in [4.78, 5) is 23.4. The van der Waals surface area contributed by atoms with E-state index in [0.29, 0.717) is 5.56 Å². The van der Waals surface area contributed by atoms with Crippen molar-refractivity contribution >= 4 is 18.0 Å². The van der Waals surface area contributed by atoms with Crippen LogP contribution in [0.3, 0.4) is 0 Å². The van der Waals surface area contributed by atoms with Crippen LogP contribution in [0.15, 0.2) is 29.4 Å². The maximum atomic E-state index is 11.8. The molecule has 0 atom stereocenters. The highest BCUT2D eigenvalue weighted by Gasteiger charge is 2.15. The van der Waals surface area contributed by atoms with Gasteiger partial charge in [0.15, 0.2) is 0 Å². The van der Waals surface area contributed by atoms with E-state index in [1.807, 2.05) is 0 Å². The van der Waals surface area contributed by atoms with Gasteiger partial charge in [-0.15, -0.1) is 0 Å². The average Bonchev–Trinajstić information content (AvgIpc) is 2.54. The van der Waals surface area contributed by atoms with Gasteiger partial charge in [-0.05, 0) is 30.5 Å². The van der Waals surface area contributed by atoms with Gasteiger partial charge in [0.05, 0.1) is 6.21 Å². The first-order valence-electron chi connectivity index (χ1n) is 8.04. The molecule has 1 aromatic carbocycles. The first-order valence-corrected chi connectivity index (χ1v) is 8.04. The lowest BCUT2D eigenvalue weighted by Crippen LogP contribution is -2.36. The van der Waals surface area contributed by atoms with Crippen LogP contribution < -0.4 is 10.7 Å². The molecule has 6 nitrogen and oxygen atoms in total. The standard InChI is InChI=1S/C17H23N3O3/c21-15-8-4-5-13(11-15)12-18-20-17(23)10-9-16(22)19-14-6-2-1-3-7-14/h4-5,8,11-12,14,21H,1-3,6-7,9-10H2,(H,19,22)(H,20,23)/b18-12+. The fourth-order valence-electron chi connectivity index (χ4n) is 2.61. The lowest BCUT2D eigenvalue weighted by molar-refractivity contribution is -0.126. The molecule has 6 heteroatoms. The predicted octanol–water partition coefficient (Wildman–Crippen LogP) is 2.07. The summed E-state index contributed by atoms with van der Waals surface area (Å²) in [5.74, 6) is -0.246. The van der Waals surface area contributed by atoms with Crippen molar-refractivity contribution < 1.29 is 14.7 Å². The summed E-state index contributed by atoms with van der Waals surface area (Å²) in [7, 11) is 0. The van der Waals surface area contributed by atoms with Crippen molar-refractivity contribution in [3.05, 3.63) is 29.8 Å². The minimum Gasteiger partial charge on any atom is -0.508 e. The number of phenols is 1. The number of nitrogens with zero attached hydrogens (tertiary/aromatic N) is 1. The SMILES string of the molecule is O=C(CCC(=O)NC1CCCCC1)N/N=C/c1cccc(O)c1. The van der Waals surface area contributed by atoms with Crippen LogP contribution >= 0.6 is 0 Å². The molecule has 0 unspecified atom stereocenters. The lowest BCUT2D eigenvalue weighted by Gasteiger charge is -2.22. The van der Waals surface area contributed by atoms with Crippen LogP contribution in [0.5, 0.6) is 5.75 Å². The number of amides is 2. The summed E-state index contributed by atoms with van der Waals surface area (Å²) < 4.78 is 0. The minimum atomic E-state index is -0.305. The summed E-state index contributed by atoms with van der Waals surface area (Å²) in [6, 6.07) is 6.80. The number of rotatable bonds is 6. The molecule has 1 aliphatic carbocycles. The molecule has 0 radical (unpaired) electrons. The van der Waals surface area contributed by atoms with Gasteiger partial charge in [0, 0.05) is 18.9 Å². The van der Waals surface area contributed by atoms with Crippen molar-refractivity contribution in [1.82, 2.24) is 10.7 Å². The summed E-state index contributed by atoms with van der Waals surface area (Å²) in [5, 5.41) is 16.1. The normalized spacial score (nSPS) is 15.5. The van der Waals surface area contributed by atoms with E-state index in [9.17, 15) is 14.7 Å². The molecule has 1 aliphatic rings. The Kier molecular flexibility index (Phi) is 6.59. The molecule has 23 heavy (non-hydrogen) atoms. The predicted molar refractivity (Wildman–Crippen MR) is 88.1 cm³/mol. The van der Waals surface area contributed by atoms with Crippen molar-refractivity contribution in [2.75, 3.05) is 0 Å². The third kappa shape index (κ3) is 6.50. The second-order valence-corrected chi connectivity index (χ2v) is 5.79. The molecule has 3 N–H and O–H groups in total. The quantitative estimate of drug-likeness (QED) is 0.554. The fraction of sp³-hybridized carbons (Fsp3) is 0.471. The highest BCUT2D eigenvalue weighted by atomic mass is 16.3. The molecule has 0 heterocycles. The van der Waals surface area contributed by atoms with Crippen LogP contribution in [0.25, 0.3) is 0 Å². The van der Waals surface area contributed by atoms with E-state index >= 15 is 0 Å². The second-order valence-electron chi connectivity index (χ2n) is 5.79. The van der Waals surface area contributed by atoms with Crippen molar-refractivity contribution in [1.29, 1.82) is 0 Å². The number of carbonyl (C=O) groups excluding carboxylic acids is 2. The van der Waals surface area contributed by atoms with Gasteiger partial charge in [-0.25, -0.2) is 5.43 Å². The van der Waals surface area contributed by atoms with E-state index in [0.717, 1.165) is 25.7 Å². The number of hydrogen-bond acceptors (Lipinski definition) is 4. The molecule has 2 rings (SSSR count). The van der Waals surface area contributed by atoms with E-state index in [-0.39, 0.29) is 36.4 Å². The largest absolute Gasteiger partial charge is 0.508 e. The van der Waals surface area contributed by atoms with Gasteiger partial charge in [-0.1, -0.05) is 31.4 Å². The fourth-order valence-corrected chi connectivity index (χ4v) is 2.61. The van der Waals surface area contributed by atoms with E-state index in [1.54, 1.807) is 18.2 Å². The number of hydrogen-bond donors (Lipinski definition) is 3. The average molecular weight is 317 g/mol. The number of nitrogens with one attached hydrogen (secondary N) is 2. The third-order valence-electron chi connectivity index (χ3n) is 3.82. The third-order valence-corrected chi connectivity index (χ3v) is 3.82. The summed E-state index contributed by atoms with van der Waals surface area (Å²) in [6.07, 6.45) is 7.36. The molecular weight excluding hydrogens is 294 g/mol. The second kappa shape index (κ2) is 8.92. The molecule has 124 valence electrons. The first kappa shape index (κ1) is 17.0. The van der Waals surface area contributed by atoms with E-state index in [4.69, 9.17) is 0 Å². The maximum Gasteiger partial charge on any atom is 0.240 e. The molecule has 0 aliphatic heterocycles. The number of phenolic OH excluding ortho intramolecular Hbond substituents is 1. The Morgan fingerprint density at radius 1 is 1.17 bits per heavy atom. The zero-order valence-electron chi connectivity index (χ0n) is 13.1. The number of aromatic hydroxyl groups is 1. The maximum absolute atomic E-state index is 11.8. The smallest absolute Gasteiger partial charge is 0.240 e. The van der Waals surface area contributed by atoms with Gasteiger partial charge in [0.2, 0.25) is 11.8 Å². The van der Waals surface area contributed by atoms with Gasteiger partial charge in [0.1, 0.15) is 5.75 Å². The molecule has 1 aromatic rings. The van der Waals surface area contributed by atoms with Gasteiger partial charge in [-0.2, -0.15) is 5.10 Å². The Morgan fingerprint density at radius 2 is 1.91 bits per heavy atom. The van der Waals surface area contributed by atoms with Crippen LogP contribution in [0.2, 0.25) is 0 Å². The van der Waals surface area contributed by atoms with Crippen molar-refractivity contribution in [2.45, 2.75) is 51.0 Å². The van der Waals surface area contributed by atoms with Crippen molar-refractivity contribution in [3.63, 3.8) is 0 Å². The van der Waals surface area contributed by atoms with Crippen LogP contribution in [0.4, 0.5) is 0 Å². The van der Waals surface area contributed by atoms with E-state index < -0.39 is 0 Å². The molecule has 1 saturated carbocycles. The molecular formula is C17H23N3O3. The number of carbonyl (C=O) groups is 2. The van der Waals surface area contributed by atoms with Crippen LogP contribution in [0.1, 0.15) is 50.5 Å². The Morgan fingerprint density at radius 3 is 2.65 bits per heavy atom. The Labute approximate surface area is 136 Å². The van der Waals surface area contributed by atoms with Crippen molar-refractivity contribution in [3.8, 4) is 5.75 Å². The molecule has 0 bridgehead atoms. The summed E-state index contributed by atoms with van der Waals surface area (Å²) >= 11 is 0. The number of benzene rings is 1. The van der Waals surface area contributed by atoms with E-state index in [2.05, 4.69) is 15.8 Å². The molecule has 1 fully saturated rings. The first-order chi connectivity index (χ1) is 11.1. The Bertz CT molecular complexity index is 566. The molecule has 2 amide bonds. The van der Waals surface area contributed by atoms with Crippen LogP contribution in [-0.2, 0) is 9.59 Å². The number of hydrazone groups is 1. The Hall–Kier alpha value is -2.37. The van der Waals surface area contributed by atoms with Gasteiger partial charge in [-0.3, -0.25) is 9.59 Å². The highest BCUT2D eigenvalue weighted by molar-refractivity contribution is 5.85. The van der Waals surface area contributed by atoms with E-state index in [1.165, 1.54) is 18.7 Å². The zero-order chi connectivity index (χ0) is 16.5. The molecule has 0 spiro atoms. The summed E-state index contributed by atoms with van der Waals surface area (Å²) in [6.45, 7) is 0. The van der Waals surface area contributed by atoms with Crippen LogP contribution in [-0.4, -0.2) is 29.2 Å². The van der Waals surface area contributed by atoms with Crippen molar-refractivity contribution in [2.24, 2.45) is 5.10 Å². The highest BCUT2D eigenvalue weighted by Crippen LogP contribution is 2.17. The monoisotopic (exact) mass is 317 g/mol.